The quantitative estimate of drug-likeness (QED) is 0.615. The van der Waals surface area contributed by atoms with Crippen molar-refractivity contribution < 1.29 is 23.0 Å². The van der Waals surface area contributed by atoms with Crippen LogP contribution < -0.4 is 4.74 Å². The van der Waals surface area contributed by atoms with E-state index in [1.54, 1.807) is 39.8 Å². The average molecular weight is 441 g/mol. The highest BCUT2D eigenvalue weighted by molar-refractivity contribution is 9.10. The predicted molar refractivity (Wildman–Crippen MR) is 95.7 cm³/mol. The van der Waals surface area contributed by atoms with Crippen molar-refractivity contribution in [1.29, 1.82) is 0 Å². The molecule has 2 rings (SSSR count). The van der Waals surface area contributed by atoms with Gasteiger partial charge in [-0.25, -0.2) is 13.6 Å². The zero-order valence-electron chi connectivity index (χ0n) is 14.5. The number of nitrogens with zero attached hydrogens (tertiary/aromatic N) is 1. The molecule has 1 amide bonds. The van der Waals surface area contributed by atoms with Crippen molar-refractivity contribution in [2.24, 2.45) is 0 Å². The van der Waals surface area contributed by atoms with Crippen LogP contribution in [0.3, 0.4) is 0 Å². The molecule has 0 bridgehead atoms. The van der Waals surface area contributed by atoms with E-state index in [0.717, 1.165) is 10.5 Å². The number of amides is 1. The highest BCUT2D eigenvalue weighted by atomic mass is 79.9. The molecule has 0 radical (unpaired) electrons. The zero-order chi connectivity index (χ0) is 19.0. The molecule has 4 nitrogen and oxygen atoms in total. The van der Waals surface area contributed by atoms with Crippen LogP contribution in [0.25, 0.3) is 0 Å². The summed E-state index contributed by atoms with van der Waals surface area (Å²) in [6, 6.07) is 3.32. The van der Waals surface area contributed by atoms with Gasteiger partial charge in [0.1, 0.15) is 17.5 Å². The Labute approximate surface area is 159 Å². The lowest BCUT2D eigenvalue weighted by molar-refractivity contribution is -0.101. The van der Waals surface area contributed by atoms with Crippen molar-refractivity contribution in [3.8, 4) is 5.75 Å². The maximum Gasteiger partial charge on any atom is 0.410 e. The summed E-state index contributed by atoms with van der Waals surface area (Å²) in [4.78, 5) is 13.2. The maximum absolute atomic E-state index is 14.1. The fourth-order valence-corrected chi connectivity index (χ4v) is 3.66. The summed E-state index contributed by atoms with van der Waals surface area (Å²) in [6.45, 7) is 6.19. The first-order valence-corrected chi connectivity index (χ1v) is 9.01. The highest BCUT2D eigenvalue weighted by Crippen LogP contribution is 2.36. The molecule has 1 aliphatic rings. The Morgan fingerprint density at radius 1 is 1.40 bits per heavy atom. The predicted octanol–water partition coefficient (Wildman–Crippen LogP) is 5.43. The number of carbonyl (C=O) groups excluding carboxylic acids is 1. The largest absolute Gasteiger partial charge is 0.487 e. The fourth-order valence-electron chi connectivity index (χ4n) is 2.60. The molecule has 1 fully saturated rings. The molecule has 0 aliphatic carbocycles. The van der Waals surface area contributed by atoms with Crippen LogP contribution >= 0.6 is 27.5 Å². The van der Waals surface area contributed by atoms with Crippen LogP contribution in [-0.2, 0) is 4.74 Å². The second-order valence-corrected chi connectivity index (χ2v) is 8.49. The van der Waals surface area contributed by atoms with Gasteiger partial charge in [-0.2, -0.15) is 0 Å². The third-order valence-electron chi connectivity index (χ3n) is 3.50. The first-order chi connectivity index (χ1) is 11.4. The molecular weight excluding hydrogens is 420 g/mol. The van der Waals surface area contributed by atoms with Crippen LogP contribution in [0.5, 0.6) is 5.75 Å². The normalized spacial score (nSPS) is 20.3. The summed E-state index contributed by atoms with van der Waals surface area (Å²) < 4.78 is 39.8. The number of hydrogen-bond donors (Lipinski definition) is 0. The Balaban J connectivity index is 2.17. The number of alkyl halides is 2. The summed E-state index contributed by atoms with van der Waals surface area (Å²) in [7, 11) is 0. The number of ether oxygens (including phenoxy) is 2. The topological polar surface area (TPSA) is 38.8 Å². The molecule has 1 atom stereocenters. The number of hydrogen-bond acceptors (Lipinski definition) is 3. The number of benzene rings is 1. The minimum Gasteiger partial charge on any atom is -0.487 e. The summed E-state index contributed by atoms with van der Waals surface area (Å²) in [5.74, 6) is -2.61. The third kappa shape index (κ3) is 5.71. The van der Waals surface area contributed by atoms with Gasteiger partial charge in [0.2, 0.25) is 0 Å². The van der Waals surface area contributed by atoms with E-state index >= 15 is 0 Å². The van der Waals surface area contributed by atoms with Gasteiger partial charge in [-0.3, -0.25) is 4.90 Å². The molecule has 1 heterocycles. The SMILES string of the molecule is Cc1cc(Cl)cc(Br)c1O[C@@H]1CN(C(=O)OC(C)(C)C)CC(F)(F)C1. The Hall–Kier alpha value is -1.08. The Morgan fingerprint density at radius 3 is 2.60 bits per heavy atom. The molecule has 0 aromatic heterocycles. The second-order valence-electron chi connectivity index (χ2n) is 7.19. The molecule has 1 aromatic rings. The lowest BCUT2D eigenvalue weighted by atomic mass is 10.0. The lowest BCUT2D eigenvalue weighted by Gasteiger charge is -2.38. The molecule has 8 heteroatoms. The molecule has 140 valence electrons. The van der Waals surface area contributed by atoms with E-state index in [4.69, 9.17) is 21.1 Å². The molecular formula is C17H21BrClF2NO3. The van der Waals surface area contributed by atoms with Crippen LogP contribution in [0.15, 0.2) is 16.6 Å². The molecule has 1 aliphatic heterocycles. The maximum atomic E-state index is 14.1. The van der Waals surface area contributed by atoms with Crippen molar-refractivity contribution in [2.75, 3.05) is 13.1 Å². The molecule has 25 heavy (non-hydrogen) atoms. The van der Waals surface area contributed by atoms with Gasteiger partial charge in [0.25, 0.3) is 5.92 Å². The second kappa shape index (κ2) is 7.27. The van der Waals surface area contributed by atoms with E-state index in [1.807, 2.05) is 0 Å². The smallest absolute Gasteiger partial charge is 0.410 e. The van der Waals surface area contributed by atoms with Gasteiger partial charge in [-0.1, -0.05) is 11.6 Å². The number of rotatable bonds is 2. The molecule has 0 spiro atoms. The third-order valence-corrected chi connectivity index (χ3v) is 4.31. The monoisotopic (exact) mass is 439 g/mol. The Bertz CT molecular complexity index is 641. The number of aryl methyl sites for hydroxylation is 1. The van der Waals surface area contributed by atoms with Crippen LogP contribution in [0, 0.1) is 6.92 Å². The fraction of sp³-hybridized carbons (Fsp3) is 0.588. The number of likely N-dealkylation sites (tertiary alicyclic amines) is 1. The summed E-state index contributed by atoms with van der Waals surface area (Å²) in [6.07, 6.45) is -2.10. The lowest BCUT2D eigenvalue weighted by Crippen LogP contribution is -2.54. The highest BCUT2D eigenvalue weighted by Gasteiger charge is 2.44. The molecule has 0 N–H and O–H groups in total. The van der Waals surface area contributed by atoms with Gasteiger partial charge in [0.05, 0.1) is 24.0 Å². The van der Waals surface area contributed by atoms with Gasteiger partial charge >= 0.3 is 6.09 Å². The minimum atomic E-state index is -3.05. The number of carbonyl (C=O) groups is 1. The van der Waals surface area contributed by atoms with Gasteiger partial charge in [0, 0.05) is 5.02 Å². The van der Waals surface area contributed by atoms with E-state index in [9.17, 15) is 13.6 Å². The number of piperidine rings is 1. The summed E-state index contributed by atoms with van der Waals surface area (Å²) in [5.41, 5.74) is -0.0345. The van der Waals surface area contributed by atoms with E-state index in [1.165, 1.54) is 0 Å². The molecule has 0 saturated carbocycles. The Morgan fingerprint density at radius 2 is 2.04 bits per heavy atom. The summed E-state index contributed by atoms with van der Waals surface area (Å²) >= 11 is 9.30. The summed E-state index contributed by atoms with van der Waals surface area (Å²) in [5, 5.41) is 0.515. The van der Waals surface area contributed by atoms with Crippen molar-refractivity contribution in [3.63, 3.8) is 0 Å². The standard InChI is InChI=1S/C17H21BrClF2NO3/c1-10-5-11(19)6-13(18)14(10)24-12-7-17(20,21)9-22(8-12)15(23)25-16(2,3)4/h5-6,12H,7-9H2,1-4H3/t12-/m0/s1. The van der Waals surface area contributed by atoms with Crippen molar-refractivity contribution in [3.05, 3.63) is 27.2 Å². The Kier molecular flexibility index (Phi) is 5.88. The van der Waals surface area contributed by atoms with E-state index in [2.05, 4.69) is 15.9 Å². The number of halogens is 4. The molecule has 0 unspecified atom stereocenters. The molecule has 1 aromatic carbocycles. The first-order valence-electron chi connectivity index (χ1n) is 7.84. The first kappa shape index (κ1) is 20.2. The van der Waals surface area contributed by atoms with Crippen molar-refractivity contribution >= 4 is 33.6 Å². The zero-order valence-corrected chi connectivity index (χ0v) is 16.9. The average Bonchev–Trinajstić information content (AvgIpc) is 2.39. The van der Waals surface area contributed by atoms with Crippen LogP contribution in [0.4, 0.5) is 13.6 Å². The van der Waals surface area contributed by atoms with Crippen LogP contribution in [0.1, 0.15) is 32.8 Å². The van der Waals surface area contributed by atoms with Crippen molar-refractivity contribution in [1.82, 2.24) is 4.90 Å². The van der Waals surface area contributed by atoms with Crippen molar-refractivity contribution in [2.45, 2.75) is 51.7 Å². The van der Waals surface area contributed by atoms with Gasteiger partial charge in [-0.05, 0) is 61.3 Å². The van der Waals surface area contributed by atoms with Crippen LogP contribution in [-0.4, -0.2) is 41.7 Å². The van der Waals surface area contributed by atoms with Crippen LogP contribution in [0.2, 0.25) is 5.02 Å². The van der Waals surface area contributed by atoms with E-state index in [0.29, 0.717) is 15.2 Å². The van der Waals surface area contributed by atoms with Gasteiger partial charge < -0.3 is 9.47 Å². The minimum absolute atomic E-state index is 0.0268. The van der Waals surface area contributed by atoms with Gasteiger partial charge in [0.15, 0.2) is 0 Å². The molecule has 1 saturated heterocycles. The van der Waals surface area contributed by atoms with Gasteiger partial charge in [-0.15, -0.1) is 0 Å². The van der Waals surface area contributed by atoms with E-state index < -0.39 is 36.7 Å². The van der Waals surface area contributed by atoms with E-state index in [-0.39, 0.29) is 6.54 Å².